The van der Waals surface area contributed by atoms with Crippen LogP contribution >= 0.6 is 27.5 Å². The summed E-state index contributed by atoms with van der Waals surface area (Å²) in [4.78, 5) is 0. The highest BCUT2D eigenvalue weighted by Crippen LogP contribution is 2.29. The molecule has 0 spiro atoms. The summed E-state index contributed by atoms with van der Waals surface area (Å²) in [6.45, 7) is 0.699. The van der Waals surface area contributed by atoms with E-state index in [4.69, 9.17) is 16.3 Å². The molecule has 0 aliphatic rings. The molecule has 0 amide bonds. The molecule has 1 atom stereocenters. The maximum absolute atomic E-state index is 10.4. The Hall–Kier alpha value is -0.870. The van der Waals surface area contributed by atoms with Gasteiger partial charge in [-0.05, 0) is 51.2 Å². The fraction of sp³-hybridized carbons (Fsp3) is 0.250. The van der Waals surface area contributed by atoms with E-state index in [1.165, 1.54) is 5.56 Å². The molecular formula is C16H16BrClO2. The number of ether oxygens (including phenoxy) is 1. The largest absolute Gasteiger partial charge is 0.384 e. The molecule has 0 aromatic heterocycles. The molecule has 2 rings (SSSR count). The number of aliphatic hydroxyl groups excluding tert-OH is 1. The van der Waals surface area contributed by atoms with Crippen LogP contribution in [0.1, 0.15) is 22.8 Å². The number of hydrogen-bond donors (Lipinski definition) is 1. The zero-order valence-electron chi connectivity index (χ0n) is 11.1. The third-order valence-electron chi connectivity index (χ3n) is 3.15. The minimum absolute atomic E-state index is 0.596. The fourth-order valence-corrected chi connectivity index (χ4v) is 2.40. The van der Waals surface area contributed by atoms with Crippen molar-refractivity contribution in [3.63, 3.8) is 0 Å². The van der Waals surface area contributed by atoms with E-state index in [1.807, 2.05) is 36.4 Å². The van der Waals surface area contributed by atoms with Crippen LogP contribution in [0.3, 0.4) is 0 Å². The van der Waals surface area contributed by atoms with Crippen molar-refractivity contribution in [2.75, 3.05) is 13.7 Å². The van der Waals surface area contributed by atoms with Gasteiger partial charge in [0.2, 0.25) is 0 Å². The first-order chi connectivity index (χ1) is 9.61. The Morgan fingerprint density at radius 3 is 2.40 bits per heavy atom. The van der Waals surface area contributed by atoms with E-state index >= 15 is 0 Å². The van der Waals surface area contributed by atoms with Gasteiger partial charge in [-0.15, -0.1) is 0 Å². The molecule has 4 heteroatoms. The van der Waals surface area contributed by atoms with Gasteiger partial charge in [-0.1, -0.05) is 41.9 Å². The Morgan fingerprint density at radius 1 is 1.15 bits per heavy atom. The average molecular weight is 356 g/mol. The molecule has 0 saturated heterocycles. The lowest BCUT2D eigenvalue weighted by Gasteiger charge is -2.13. The van der Waals surface area contributed by atoms with Crippen molar-refractivity contribution in [1.29, 1.82) is 0 Å². The highest BCUT2D eigenvalue weighted by molar-refractivity contribution is 9.10. The smallest absolute Gasteiger partial charge is 0.104 e. The summed E-state index contributed by atoms with van der Waals surface area (Å²) in [6, 6.07) is 13.4. The first-order valence-corrected chi connectivity index (χ1v) is 7.49. The minimum Gasteiger partial charge on any atom is -0.384 e. The van der Waals surface area contributed by atoms with Crippen LogP contribution in [0, 0.1) is 0 Å². The predicted octanol–water partition coefficient (Wildman–Crippen LogP) is 4.37. The van der Waals surface area contributed by atoms with Gasteiger partial charge in [0, 0.05) is 11.6 Å². The summed E-state index contributed by atoms with van der Waals surface area (Å²) in [5, 5.41) is 11.0. The van der Waals surface area contributed by atoms with Gasteiger partial charge in [0.1, 0.15) is 6.10 Å². The Balaban J connectivity index is 2.15. The van der Waals surface area contributed by atoms with Crippen LogP contribution in [0.5, 0.6) is 0 Å². The average Bonchev–Trinajstić information content (AvgIpc) is 2.48. The molecule has 0 aliphatic carbocycles. The normalized spacial score (nSPS) is 12.4. The number of methoxy groups -OCH3 is 1. The molecule has 20 heavy (non-hydrogen) atoms. The summed E-state index contributed by atoms with van der Waals surface area (Å²) in [7, 11) is 1.69. The molecule has 0 fully saturated rings. The van der Waals surface area contributed by atoms with E-state index in [0.717, 1.165) is 22.0 Å². The van der Waals surface area contributed by atoms with Gasteiger partial charge >= 0.3 is 0 Å². The Bertz CT molecular complexity index is 569. The highest BCUT2D eigenvalue weighted by atomic mass is 79.9. The van der Waals surface area contributed by atoms with Crippen molar-refractivity contribution in [3.8, 4) is 0 Å². The Kier molecular flexibility index (Phi) is 5.61. The summed E-state index contributed by atoms with van der Waals surface area (Å²) in [6.07, 6.45) is 0.203. The molecule has 106 valence electrons. The maximum atomic E-state index is 10.4. The summed E-state index contributed by atoms with van der Waals surface area (Å²) >= 11 is 9.40. The van der Waals surface area contributed by atoms with Gasteiger partial charge in [0.25, 0.3) is 0 Å². The van der Waals surface area contributed by atoms with Crippen LogP contribution in [-0.4, -0.2) is 18.8 Å². The molecule has 0 bridgehead atoms. The van der Waals surface area contributed by atoms with E-state index in [0.29, 0.717) is 11.6 Å². The van der Waals surface area contributed by atoms with E-state index in [-0.39, 0.29) is 0 Å². The van der Waals surface area contributed by atoms with E-state index in [1.54, 1.807) is 13.2 Å². The van der Waals surface area contributed by atoms with E-state index in [2.05, 4.69) is 15.9 Å². The van der Waals surface area contributed by atoms with Crippen molar-refractivity contribution < 1.29 is 9.84 Å². The number of benzene rings is 2. The van der Waals surface area contributed by atoms with Gasteiger partial charge in [0.05, 0.1) is 11.6 Å². The zero-order valence-corrected chi connectivity index (χ0v) is 13.5. The van der Waals surface area contributed by atoms with Crippen LogP contribution in [0.2, 0.25) is 5.02 Å². The third kappa shape index (κ3) is 3.83. The lowest BCUT2D eigenvalue weighted by Crippen LogP contribution is -2.00. The second kappa shape index (κ2) is 7.23. The number of halogens is 2. The molecule has 0 heterocycles. The van der Waals surface area contributed by atoms with Crippen molar-refractivity contribution >= 4 is 27.5 Å². The van der Waals surface area contributed by atoms with Crippen LogP contribution in [0.4, 0.5) is 0 Å². The molecule has 1 unspecified atom stereocenters. The lowest BCUT2D eigenvalue weighted by molar-refractivity contribution is 0.202. The van der Waals surface area contributed by atoms with Crippen molar-refractivity contribution in [1.82, 2.24) is 0 Å². The molecule has 1 N–H and O–H groups in total. The molecule has 0 saturated carbocycles. The van der Waals surface area contributed by atoms with Crippen LogP contribution < -0.4 is 0 Å². The molecule has 2 aromatic rings. The van der Waals surface area contributed by atoms with Gasteiger partial charge in [0.15, 0.2) is 0 Å². The quantitative estimate of drug-likeness (QED) is 0.863. The van der Waals surface area contributed by atoms with Crippen molar-refractivity contribution in [2.45, 2.75) is 12.5 Å². The molecular weight excluding hydrogens is 340 g/mol. The maximum Gasteiger partial charge on any atom is 0.104 e. The molecule has 0 radical (unpaired) electrons. The summed E-state index contributed by atoms with van der Waals surface area (Å²) < 4.78 is 5.87. The zero-order chi connectivity index (χ0) is 14.5. The molecule has 0 aliphatic heterocycles. The second-order valence-corrected chi connectivity index (χ2v) is 5.82. The van der Waals surface area contributed by atoms with Crippen LogP contribution in [-0.2, 0) is 11.2 Å². The Morgan fingerprint density at radius 2 is 1.80 bits per heavy atom. The predicted molar refractivity (Wildman–Crippen MR) is 85.2 cm³/mol. The number of hydrogen-bond acceptors (Lipinski definition) is 2. The van der Waals surface area contributed by atoms with Crippen molar-refractivity contribution in [3.05, 3.63) is 68.7 Å². The standard InChI is InChI=1S/C16H16BrClO2/c1-20-9-8-11-2-4-12(5-3-11)16(19)13-6-7-14(17)15(18)10-13/h2-7,10,16,19H,8-9H2,1H3. The highest BCUT2D eigenvalue weighted by Gasteiger charge is 2.11. The monoisotopic (exact) mass is 354 g/mol. The van der Waals surface area contributed by atoms with Gasteiger partial charge in [-0.3, -0.25) is 0 Å². The van der Waals surface area contributed by atoms with Crippen molar-refractivity contribution in [2.24, 2.45) is 0 Å². The second-order valence-electron chi connectivity index (χ2n) is 4.56. The van der Waals surface area contributed by atoms with Gasteiger partial charge in [-0.25, -0.2) is 0 Å². The SMILES string of the molecule is COCCc1ccc(C(O)c2ccc(Br)c(Cl)c2)cc1. The number of rotatable bonds is 5. The Labute approximate surface area is 132 Å². The first kappa shape index (κ1) is 15.5. The number of aliphatic hydroxyl groups is 1. The topological polar surface area (TPSA) is 29.5 Å². The van der Waals surface area contributed by atoms with Gasteiger partial charge in [-0.2, -0.15) is 0 Å². The van der Waals surface area contributed by atoms with E-state index < -0.39 is 6.10 Å². The van der Waals surface area contributed by atoms with Crippen LogP contribution in [0.25, 0.3) is 0 Å². The van der Waals surface area contributed by atoms with Gasteiger partial charge < -0.3 is 9.84 Å². The first-order valence-electron chi connectivity index (χ1n) is 6.32. The summed E-state index contributed by atoms with van der Waals surface area (Å²) in [5.74, 6) is 0. The molecule has 2 aromatic carbocycles. The minimum atomic E-state index is -0.669. The van der Waals surface area contributed by atoms with Crippen LogP contribution in [0.15, 0.2) is 46.9 Å². The third-order valence-corrected chi connectivity index (χ3v) is 4.38. The summed E-state index contributed by atoms with van der Waals surface area (Å²) in [5.41, 5.74) is 2.82. The lowest BCUT2D eigenvalue weighted by atomic mass is 10.00. The van der Waals surface area contributed by atoms with E-state index in [9.17, 15) is 5.11 Å². The molecule has 2 nitrogen and oxygen atoms in total. The fourth-order valence-electron chi connectivity index (χ4n) is 1.96.